The van der Waals surface area contributed by atoms with E-state index in [2.05, 4.69) is 18.7 Å². The minimum absolute atomic E-state index is 0.765. The largest absolute Gasteiger partial charge is 0.366 e. The zero-order chi connectivity index (χ0) is 7.40. The lowest BCUT2D eigenvalue weighted by molar-refractivity contribution is -0.0183. The number of nitrogens with zero attached hydrogens (tertiary/aromatic N) is 1. The fourth-order valence-electron chi connectivity index (χ4n) is 1.31. The van der Waals surface area contributed by atoms with E-state index in [-0.39, 0.29) is 0 Å². The first-order chi connectivity index (χ1) is 4.79. The van der Waals surface area contributed by atoms with E-state index in [0.717, 1.165) is 19.3 Å². The Hall–Kier alpha value is -0.0800. The van der Waals surface area contributed by atoms with Crippen molar-refractivity contribution < 1.29 is 4.74 Å². The second kappa shape index (κ2) is 3.94. The highest BCUT2D eigenvalue weighted by molar-refractivity contribution is 4.59. The lowest BCUT2D eigenvalue weighted by Gasteiger charge is -2.27. The van der Waals surface area contributed by atoms with E-state index in [1.807, 2.05) is 0 Å². The lowest BCUT2D eigenvalue weighted by atomic mass is 10.2. The van der Waals surface area contributed by atoms with E-state index in [1.54, 1.807) is 0 Å². The highest BCUT2D eigenvalue weighted by atomic mass is 16.5. The normalized spacial score (nSPS) is 21.9. The quantitative estimate of drug-likeness (QED) is 0.578. The van der Waals surface area contributed by atoms with Crippen LogP contribution in [0.2, 0.25) is 0 Å². The van der Waals surface area contributed by atoms with Gasteiger partial charge in [-0.1, -0.05) is 13.8 Å². The zero-order valence-electron chi connectivity index (χ0n) is 6.97. The second-order valence-corrected chi connectivity index (χ2v) is 3.36. The van der Waals surface area contributed by atoms with Crippen LogP contribution in [0, 0.1) is 5.92 Å². The molecule has 1 aliphatic heterocycles. The molecule has 10 heavy (non-hydrogen) atoms. The number of hydrogen-bond acceptors (Lipinski definition) is 2. The summed E-state index contributed by atoms with van der Waals surface area (Å²) in [6, 6.07) is 0. The molecule has 2 nitrogen and oxygen atoms in total. The molecule has 0 spiro atoms. The standard InChI is InChI=1S/C8H17NO/c1-8(2)6-9-4-3-5-10-7-9/h8H,3-7H2,1-2H3. The van der Waals surface area contributed by atoms with Crippen LogP contribution < -0.4 is 0 Å². The molecule has 1 aliphatic rings. The van der Waals surface area contributed by atoms with E-state index in [9.17, 15) is 0 Å². The van der Waals surface area contributed by atoms with Crippen molar-refractivity contribution in [3.05, 3.63) is 0 Å². The molecule has 0 atom stereocenters. The molecule has 0 amide bonds. The fourth-order valence-corrected chi connectivity index (χ4v) is 1.31. The Labute approximate surface area is 63.2 Å². The summed E-state index contributed by atoms with van der Waals surface area (Å²) in [6.07, 6.45) is 1.20. The highest BCUT2D eigenvalue weighted by Gasteiger charge is 2.10. The third-order valence-corrected chi connectivity index (χ3v) is 1.66. The van der Waals surface area contributed by atoms with Gasteiger partial charge in [0.15, 0.2) is 0 Å². The van der Waals surface area contributed by atoms with Gasteiger partial charge >= 0.3 is 0 Å². The van der Waals surface area contributed by atoms with Gasteiger partial charge in [0, 0.05) is 19.7 Å². The smallest absolute Gasteiger partial charge is 0.0990 e. The van der Waals surface area contributed by atoms with Gasteiger partial charge in [0.1, 0.15) is 0 Å². The van der Waals surface area contributed by atoms with E-state index < -0.39 is 0 Å². The van der Waals surface area contributed by atoms with Crippen molar-refractivity contribution in [3.63, 3.8) is 0 Å². The van der Waals surface area contributed by atoms with E-state index in [1.165, 1.54) is 19.5 Å². The summed E-state index contributed by atoms with van der Waals surface area (Å²) in [7, 11) is 0. The van der Waals surface area contributed by atoms with E-state index in [0.29, 0.717) is 0 Å². The molecule has 0 bridgehead atoms. The van der Waals surface area contributed by atoms with Crippen molar-refractivity contribution in [2.45, 2.75) is 20.3 Å². The summed E-state index contributed by atoms with van der Waals surface area (Å²) in [6.45, 7) is 8.69. The molecule has 0 aromatic heterocycles. The van der Waals surface area contributed by atoms with Crippen LogP contribution in [-0.4, -0.2) is 31.3 Å². The van der Waals surface area contributed by atoms with Crippen molar-refractivity contribution in [2.24, 2.45) is 5.92 Å². The van der Waals surface area contributed by atoms with Crippen LogP contribution in [0.1, 0.15) is 20.3 Å². The third kappa shape index (κ3) is 2.67. The topological polar surface area (TPSA) is 12.5 Å². The highest BCUT2D eigenvalue weighted by Crippen LogP contribution is 2.04. The van der Waals surface area contributed by atoms with E-state index in [4.69, 9.17) is 4.74 Å². The molecule has 0 saturated carbocycles. The summed E-state index contributed by atoms with van der Waals surface area (Å²) in [4.78, 5) is 2.37. The molecule has 0 N–H and O–H groups in total. The molecular weight excluding hydrogens is 126 g/mol. The summed E-state index contributed by atoms with van der Waals surface area (Å²) >= 11 is 0. The Morgan fingerprint density at radius 3 is 2.80 bits per heavy atom. The minimum atomic E-state index is 0.765. The lowest BCUT2D eigenvalue weighted by Crippen LogP contribution is -2.35. The first kappa shape index (κ1) is 8.02. The van der Waals surface area contributed by atoms with Crippen LogP contribution in [0.5, 0.6) is 0 Å². The van der Waals surface area contributed by atoms with Crippen LogP contribution in [0.4, 0.5) is 0 Å². The molecule has 0 aromatic rings. The zero-order valence-corrected chi connectivity index (χ0v) is 6.97. The minimum Gasteiger partial charge on any atom is -0.366 e. The number of ether oxygens (including phenoxy) is 1. The fraction of sp³-hybridized carbons (Fsp3) is 1.00. The summed E-state index contributed by atoms with van der Waals surface area (Å²) in [5.74, 6) is 0.765. The molecule has 1 heterocycles. The van der Waals surface area contributed by atoms with Gasteiger partial charge in [-0.05, 0) is 12.3 Å². The SMILES string of the molecule is CC(C)CN1CCCOC1. The van der Waals surface area contributed by atoms with Gasteiger partial charge in [0.05, 0.1) is 6.73 Å². The first-order valence-electron chi connectivity index (χ1n) is 4.09. The van der Waals surface area contributed by atoms with Crippen molar-refractivity contribution in [1.82, 2.24) is 4.90 Å². The van der Waals surface area contributed by atoms with Gasteiger partial charge in [-0.15, -0.1) is 0 Å². The average molecular weight is 143 g/mol. The second-order valence-electron chi connectivity index (χ2n) is 3.36. The molecule has 2 heteroatoms. The van der Waals surface area contributed by atoms with Crippen LogP contribution >= 0.6 is 0 Å². The van der Waals surface area contributed by atoms with Gasteiger partial charge < -0.3 is 4.74 Å². The maximum absolute atomic E-state index is 5.31. The molecule has 1 saturated heterocycles. The predicted octanol–water partition coefficient (Wildman–Crippen LogP) is 1.32. The Bertz CT molecular complexity index is 87.3. The molecule has 0 aromatic carbocycles. The average Bonchev–Trinajstić information content (AvgIpc) is 1.88. The van der Waals surface area contributed by atoms with Crippen molar-refractivity contribution >= 4 is 0 Å². The Balaban J connectivity index is 2.13. The predicted molar refractivity (Wildman–Crippen MR) is 41.8 cm³/mol. The molecule has 1 fully saturated rings. The van der Waals surface area contributed by atoms with Gasteiger partial charge in [-0.25, -0.2) is 0 Å². The van der Waals surface area contributed by atoms with Crippen LogP contribution in [0.25, 0.3) is 0 Å². The monoisotopic (exact) mass is 143 g/mol. The first-order valence-corrected chi connectivity index (χ1v) is 4.09. The van der Waals surface area contributed by atoms with Crippen LogP contribution in [0.15, 0.2) is 0 Å². The van der Waals surface area contributed by atoms with Gasteiger partial charge in [0.2, 0.25) is 0 Å². The summed E-state index contributed by atoms with van der Waals surface area (Å²) < 4.78 is 5.31. The Morgan fingerprint density at radius 1 is 1.50 bits per heavy atom. The van der Waals surface area contributed by atoms with Gasteiger partial charge in [-0.2, -0.15) is 0 Å². The van der Waals surface area contributed by atoms with E-state index >= 15 is 0 Å². The molecular formula is C8H17NO. The molecule has 60 valence electrons. The maximum atomic E-state index is 5.31. The maximum Gasteiger partial charge on any atom is 0.0990 e. The Morgan fingerprint density at radius 2 is 2.30 bits per heavy atom. The number of rotatable bonds is 2. The molecule has 0 radical (unpaired) electrons. The van der Waals surface area contributed by atoms with Crippen molar-refractivity contribution in [3.8, 4) is 0 Å². The van der Waals surface area contributed by atoms with Crippen molar-refractivity contribution in [2.75, 3.05) is 26.4 Å². The third-order valence-electron chi connectivity index (χ3n) is 1.66. The van der Waals surface area contributed by atoms with Gasteiger partial charge in [-0.3, -0.25) is 4.90 Å². The Kier molecular flexibility index (Phi) is 3.16. The van der Waals surface area contributed by atoms with Crippen LogP contribution in [-0.2, 0) is 4.74 Å². The molecule has 0 aliphatic carbocycles. The van der Waals surface area contributed by atoms with Gasteiger partial charge in [0.25, 0.3) is 0 Å². The summed E-state index contributed by atoms with van der Waals surface area (Å²) in [5.41, 5.74) is 0. The number of hydrogen-bond donors (Lipinski definition) is 0. The van der Waals surface area contributed by atoms with Crippen LogP contribution in [0.3, 0.4) is 0 Å². The summed E-state index contributed by atoms with van der Waals surface area (Å²) in [5, 5.41) is 0. The molecule has 0 unspecified atom stereocenters. The van der Waals surface area contributed by atoms with Crippen molar-refractivity contribution in [1.29, 1.82) is 0 Å². The molecule has 1 rings (SSSR count).